The predicted octanol–water partition coefficient (Wildman–Crippen LogP) is 1.94. The molecule has 2 nitrogen and oxygen atoms in total. The summed E-state index contributed by atoms with van der Waals surface area (Å²) in [5.41, 5.74) is 5.91. The molecule has 0 aromatic rings. The topological polar surface area (TPSA) is 38.4 Å². The van der Waals surface area contributed by atoms with Crippen molar-refractivity contribution in [3.8, 4) is 0 Å². The van der Waals surface area contributed by atoms with Gasteiger partial charge in [0, 0.05) is 12.5 Å². The molecule has 0 amide bonds. The first-order chi connectivity index (χ1) is 5.86. The number of hydrogen-bond donors (Lipinski definition) is 1. The first-order valence-electron chi connectivity index (χ1n) is 5.16. The smallest absolute Gasteiger partial charge is 0.0968 e. The molecule has 0 radical (unpaired) electrons. The molecule has 2 saturated carbocycles. The second-order valence-corrected chi connectivity index (χ2v) is 4.19. The van der Waals surface area contributed by atoms with Gasteiger partial charge in [-0.05, 0) is 31.6 Å². The standard InChI is InChI=1S/C10H18N2/c11-10(9-3-1-2-4-9)12-7-8-5-6-8/h8-9H,1-7H2,(H2,11,12). The first-order valence-corrected chi connectivity index (χ1v) is 5.16. The molecule has 0 spiro atoms. The summed E-state index contributed by atoms with van der Waals surface area (Å²) in [7, 11) is 0. The molecular weight excluding hydrogens is 148 g/mol. The molecule has 0 unspecified atom stereocenters. The minimum atomic E-state index is 0.628. The Morgan fingerprint density at radius 3 is 2.42 bits per heavy atom. The van der Waals surface area contributed by atoms with E-state index in [0.29, 0.717) is 5.92 Å². The average molecular weight is 166 g/mol. The second kappa shape index (κ2) is 3.46. The van der Waals surface area contributed by atoms with E-state index in [-0.39, 0.29) is 0 Å². The maximum Gasteiger partial charge on any atom is 0.0968 e. The summed E-state index contributed by atoms with van der Waals surface area (Å²) in [4.78, 5) is 4.46. The fourth-order valence-electron chi connectivity index (χ4n) is 1.89. The lowest BCUT2D eigenvalue weighted by atomic mass is 10.1. The van der Waals surface area contributed by atoms with Gasteiger partial charge >= 0.3 is 0 Å². The summed E-state index contributed by atoms with van der Waals surface area (Å²) in [6, 6.07) is 0. The molecule has 0 aromatic carbocycles. The minimum absolute atomic E-state index is 0.628. The molecule has 2 heteroatoms. The maximum atomic E-state index is 5.91. The quantitative estimate of drug-likeness (QED) is 0.505. The fourth-order valence-corrected chi connectivity index (χ4v) is 1.89. The third-order valence-corrected chi connectivity index (χ3v) is 3.00. The molecule has 0 aromatic heterocycles. The van der Waals surface area contributed by atoms with Crippen LogP contribution in [0.1, 0.15) is 38.5 Å². The number of nitrogens with zero attached hydrogens (tertiary/aromatic N) is 1. The van der Waals surface area contributed by atoms with Gasteiger partial charge in [0.05, 0.1) is 5.84 Å². The van der Waals surface area contributed by atoms with E-state index in [2.05, 4.69) is 4.99 Å². The molecule has 0 saturated heterocycles. The average Bonchev–Trinajstić information content (AvgIpc) is 2.74. The van der Waals surface area contributed by atoms with E-state index in [4.69, 9.17) is 5.73 Å². The van der Waals surface area contributed by atoms with Crippen LogP contribution in [0.15, 0.2) is 4.99 Å². The zero-order chi connectivity index (χ0) is 8.39. The van der Waals surface area contributed by atoms with Crippen LogP contribution in [0.3, 0.4) is 0 Å². The van der Waals surface area contributed by atoms with Crippen LogP contribution < -0.4 is 5.73 Å². The van der Waals surface area contributed by atoms with Gasteiger partial charge in [-0.25, -0.2) is 0 Å². The van der Waals surface area contributed by atoms with Gasteiger partial charge in [0.25, 0.3) is 0 Å². The number of hydrogen-bond acceptors (Lipinski definition) is 1. The number of rotatable bonds is 3. The third kappa shape index (κ3) is 1.99. The molecule has 0 aliphatic heterocycles. The van der Waals surface area contributed by atoms with Crippen molar-refractivity contribution in [2.45, 2.75) is 38.5 Å². The second-order valence-electron chi connectivity index (χ2n) is 4.19. The number of aliphatic imine (C=N–C) groups is 1. The number of amidine groups is 1. The van der Waals surface area contributed by atoms with Gasteiger partial charge in [0.1, 0.15) is 0 Å². The minimum Gasteiger partial charge on any atom is -0.387 e. The molecule has 2 fully saturated rings. The van der Waals surface area contributed by atoms with Crippen LogP contribution in [0.2, 0.25) is 0 Å². The van der Waals surface area contributed by atoms with Crippen LogP contribution >= 0.6 is 0 Å². The largest absolute Gasteiger partial charge is 0.387 e. The van der Waals surface area contributed by atoms with Crippen molar-refractivity contribution in [2.75, 3.05) is 6.54 Å². The van der Waals surface area contributed by atoms with Gasteiger partial charge in [0.15, 0.2) is 0 Å². The summed E-state index contributed by atoms with van der Waals surface area (Å²) in [5, 5.41) is 0. The van der Waals surface area contributed by atoms with E-state index in [0.717, 1.165) is 18.3 Å². The summed E-state index contributed by atoms with van der Waals surface area (Å²) >= 11 is 0. The molecule has 2 aliphatic carbocycles. The predicted molar refractivity (Wildman–Crippen MR) is 51.2 cm³/mol. The van der Waals surface area contributed by atoms with Crippen molar-refractivity contribution in [3.63, 3.8) is 0 Å². The Balaban J connectivity index is 1.79. The maximum absolute atomic E-state index is 5.91. The lowest BCUT2D eigenvalue weighted by molar-refractivity contribution is 0.709. The molecule has 0 atom stereocenters. The molecule has 2 N–H and O–H groups in total. The van der Waals surface area contributed by atoms with Crippen LogP contribution in [0.4, 0.5) is 0 Å². The SMILES string of the molecule is NC(=NCC1CC1)C1CCCC1. The van der Waals surface area contributed by atoms with Gasteiger partial charge in [-0.1, -0.05) is 12.8 Å². The van der Waals surface area contributed by atoms with Crippen LogP contribution in [0.25, 0.3) is 0 Å². The summed E-state index contributed by atoms with van der Waals surface area (Å²) < 4.78 is 0. The Morgan fingerprint density at radius 1 is 1.17 bits per heavy atom. The van der Waals surface area contributed by atoms with Crippen LogP contribution in [0, 0.1) is 11.8 Å². The van der Waals surface area contributed by atoms with E-state index in [1.807, 2.05) is 0 Å². The normalized spacial score (nSPS) is 26.5. The van der Waals surface area contributed by atoms with E-state index in [1.54, 1.807) is 0 Å². The van der Waals surface area contributed by atoms with Gasteiger partial charge in [-0.15, -0.1) is 0 Å². The Kier molecular flexibility index (Phi) is 2.33. The molecule has 68 valence electrons. The number of nitrogens with two attached hydrogens (primary N) is 1. The van der Waals surface area contributed by atoms with Gasteiger partial charge in [-0.3, -0.25) is 4.99 Å². The van der Waals surface area contributed by atoms with Gasteiger partial charge in [0.2, 0.25) is 0 Å². The van der Waals surface area contributed by atoms with Crippen molar-refractivity contribution in [1.82, 2.24) is 0 Å². The van der Waals surface area contributed by atoms with Crippen molar-refractivity contribution in [3.05, 3.63) is 0 Å². The molecule has 0 heterocycles. The van der Waals surface area contributed by atoms with Crippen LogP contribution in [0.5, 0.6) is 0 Å². The van der Waals surface area contributed by atoms with Crippen molar-refractivity contribution < 1.29 is 0 Å². The van der Waals surface area contributed by atoms with Crippen LogP contribution in [-0.4, -0.2) is 12.4 Å². The highest BCUT2D eigenvalue weighted by molar-refractivity contribution is 5.83. The lowest BCUT2D eigenvalue weighted by Crippen LogP contribution is -2.21. The van der Waals surface area contributed by atoms with E-state index < -0.39 is 0 Å². The van der Waals surface area contributed by atoms with Crippen molar-refractivity contribution in [1.29, 1.82) is 0 Å². The van der Waals surface area contributed by atoms with E-state index >= 15 is 0 Å². The lowest BCUT2D eigenvalue weighted by Gasteiger charge is -2.07. The molecule has 12 heavy (non-hydrogen) atoms. The monoisotopic (exact) mass is 166 g/mol. The van der Waals surface area contributed by atoms with Crippen molar-refractivity contribution in [2.24, 2.45) is 22.6 Å². The van der Waals surface area contributed by atoms with E-state index in [1.165, 1.54) is 38.5 Å². The third-order valence-electron chi connectivity index (χ3n) is 3.00. The summed E-state index contributed by atoms with van der Waals surface area (Å²) in [6.07, 6.45) is 8.01. The van der Waals surface area contributed by atoms with Crippen LogP contribution in [-0.2, 0) is 0 Å². The zero-order valence-electron chi connectivity index (χ0n) is 7.63. The van der Waals surface area contributed by atoms with Gasteiger partial charge in [-0.2, -0.15) is 0 Å². The molecule has 2 aliphatic rings. The first kappa shape index (κ1) is 8.09. The Bertz CT molecular complexity index is 176. The molecule has 0 bridgehead atoms. The Hall–Kier alpha value is -0.530. The molecular formula is C10H18N2. The van der Waals surface area contributed by atoms with Crippen molar-refractivity contribution >= 4 is 5.84 Å². The highest BCUT2D eigenvalue weighted by atomic mass is 14.9. The zero-order valence-corrected chi connectivity index (χ0v) is 7.63. The molecule has 2 rings (SSSR count). The summed E-state index contributed by atoms with van der Waals surface area (Å²) in [5.74, 6) is 2.45. The summed E-state index contributed by atoms with van der Waals surface area (Å²) in [6.45, 7) is 1.00. The highest BCUT2D eigenvalue weighted by Gasteiger charge is 2.22. The van der Waals surface area contributed by atoms with Gasteiger partial charge < -0.3 is 5.73 Å². The highest BCUT2D eigenvalue weighted by Crippen LogP contribution is 2.30. The van der Waals surface area contributed by atoms with E-state index in [9.17, 15) is 0 Å². The fraction of sp³-hybridized carbons (Fsp3) is 0.900. The Labute approximate surface area is 74.2 Å². The Morgan fingerprint density at radius 2 is 1.83 bits per heavy atom.